The van der Waals surface area contributed by atoms with E-state index in [1.54, 1.807) is 35.2 Å². The van der Waals surface area contributed by atoms with Crippen molar-refractivity contribution >= 4 is 49.3 Å². The molecule has 4 N–H and O–H groups in total. The molecular weight excluding hydrogens is 574 g/mol. The van der Waals surface area contributed by atoms with Crippen LogP contribution in [0.3, 0.4) is 0 Å². The first-order chi connectivity index (χ1) is 21.2. The molecule has 0 bridgehead atoms. The number of amides is 1. The van der Waals surface area contributed by atoms with Crippen LogP contribution >= 0.6 is 0 Å². The molecular formula is C33H35N7O3S. The number of imidazole rings is 1. The molecule has 1 aliphatic rings. The minimum Gasteiger partial charge on any atom is -0.384 e. The van der Waals surface area contributed by atoms with Crippen LogP contribution in [0, 0.1) is 5.41 Å². The van der Waals surface area contributed by atoms with Crippen LogP contribution in [0.2, 0.25) is 0 Å². The van der Waals surface area contributed by atoms with Crippen molar-refractivity contribution in [3.63, 3.8) is 0 Å². The number of carbonyl (C=O) groups excluding carboxylic acids is 1. The summed E-state index contributed by atoms with van der Waals surface area (Å²) in [5.41, 5.74) is 9.27. The monoisotopic (exact) mass is 609 g/mol. The van der Waals surface area contributed by atoms with Gasteiger partial charge in [0.05, 0.1) is 21.6 Å². The number of rotatable bonds is 9. The van der Waals surface area contributed by atoms with Gasteiger partial charge in [0, 0.05) is 45.2 Å². The van der Waals surface area contributed by atoms with Gasteiger partial charge in [-0.3, -0.25) is 14.5 Å². The van der Waals surface area contributed by atoms with Crippen molar-refractivity contribution in [2.24, 2.45) is 12.8 Å². The van der Waals surface area contributed by atoms with Gasteiger partial charge in [-0.2, -0.15) is 0 Å². The molecule has 0 unspecified atom stereocenters. The number of nitrogen functional groups attached to an aromatic ring is 1. The van der Waals surface area contributed by atoms with Crippen molar-refractivity contribution in [2.75, 3.05) is 37.0 Å². The van der Waals surface area contributed by atoms with E-state index in [0.717, 1.165) is 34.1 Å². The van der Waals surface area contributed by atoms with Crippen LogP contribution in [0.25, 0.3) is 21.8 Å². The number of anilines is 1. The summed E-state index contributed by atoms with van der Waals surface area (Å²) in [6.07, 6.45) is 1.41. The first kappa shape index (κ1) is 29.3. The predicted octanol–water partition coefficient (Wildman–Crippen LogP) is 3.42. The van der Waals surface area contributed by atoms with Gasteiger partial charge in [-0.1, -0.05) is 54.6 Å². The molecule has 0 spiro atoms. The molecule has 1 amide bonds. The number of hydrogen-bond donors (Lipinski definition) is 3. The van der Waals surface area contributed by atoms with Crippen molar-refractivity contribution in [1.82, 2.24) is 19.8 Å². The number of nitrogens with two attached hydrogens (primary N) is 1. The van der Waals surface area contributed by atoms with Crippen LogP contribution in [0.15, 0.2) is 89.8 Å². The quantitative estimate of drug-likeness (QED) is 0.173. The van der Waals surface area contributed by atoms with Crippen LogP contribution < -0.4 is 15.4 Å². The average Bonchev–Trinajstić information content (AvgIpc) is 3.36. The predicted molar refractivity (Wildman–Crippen MR) is 174 cm³/mol. The topological polar surface area (TPSA) is 137 Å². The second-order valence-corrected chi connectivity index (χ2v) is 12.9. The van der Waals surface area contributed by atoms with Crippen molar-refractivity contribution in [2.45, 2.75) is 17.7 Å². The second kappa shape index (κ2) is 12.1. The van der Waals surface area contributed by atoms with E-state index >= 15 is 0 Å². The van der Waals surface area contributed by atoms with Gasteiger partial charge in [0.15, 0.2) is 0 Å². The Labute approximate surface area is 256 Å². The van der Waals surface area contributed by atoms with Crippen molar-refractivity contribution in [1.29, 1.82) is 5.41 Å². The summed E-state index contributed by atoms with van der Waals surface area (Å²) in [5, 5.41) is 12.6. The minimum atomic E-state index is -4.10. The van der Waals surface area contributed by atoms with E-state index in [0.29, 0.717) is 49.4 Å². The molecule has 226 valence electrons. The zero-order valence-corrected chi connectivity index (χ0v) is 25.3. The van der Waals surface area contributed by atoms with Crippen LogP contribution in [0.4, 0.5) is 5.69 Å². The average molecular weight is 610 g/mol. The number of aromatic nitrogens is 2. The normalized spacial score (nSPS) is 13.8. The van der Waals surface area contributed by atoms with Gasteiger partial charge in [0.2, 0.25) is 5.91 Å². The fraction of sp³-hybridized carbons (Fsp3) is 0.242. The SMILES string of the molecule is Cn1c(CCc2ccc(C(=N)N)cc2)nc2cc(N(CC(=O)N3CCNCC3)S(=O)(=O)c3ccc4ccccc4c3)ccc21. The fourth-order valence-corrected chi connectivity index (χ4v) is 7.07. The van der Waals surface area contributed by atoms with Gasteiger partial charge >= 0.3 is 0 Å². The standard InChI is InChI=1S/C33H35N7O3S/c1-38-30-14-12-27(21-29(30)37-31(38)15-8-23-6-9-25(10-7-23)33(34)35)40(22-32(41)39-18-16-36-17-19-39)44(42,43)28-13-11-24-4-2-3-5-26(24)20-28/h2-7,9-14,20-21,36H,8,15-19,22H2,1H3,(H3,34,35). The maximum Gasteiger partial charge on any atom is 0.264 e. The summed E-state index contributed by atoms with van der Waals surface area (Å²) in [6.45, 7) is 2.10. The van der Waals surface area contributed by atoms with E-state index < -0.39 is 10.0 Å². The molecule has 1 fully saturated rings. The van der Waals surface area contributed by atoms with Crippen LogP contribution in [-0.2, 0) is 34.7 Å². The minimum absolute atomic E-state index is 0.0361. The van der Waals surface area contributed by atoms with E-state index in [4.69, 9.17) is 16.1 Å². The molecule has 1 saturated heterocycles. The summed E-state index contributed by atoms with van der Waals surface area (Å²) in [6, 6.07) is 25.6. The number of amidine groups is 1. The molecule has 6 rings (SSSR count). The lowest BCUT2D eigenvalue weighted by molar-refractivity contribution is -0.130. The van der Waals surface area contributed by atoms with Crippen molar-refractivity contribution in [3.05, 3.63) is 102 Å². The Morgan fingerprint density at radius 2 is 1.68 bits per heavy atom. The van der Waals surface area contributed by atoms with Gasteiger partial charge in [0.25, 0.3) is 10.0 Å². The largest absolute Gasteiger partial charge is 0.384 e. The Morgan fingerprint density at radius 3 is 2.41 bits per heavy atom. The smallest absolute Gasteiger partial charge is 0.264 e. The molecule has 4 aromatic carbocycles. The lowest BCUT2D eigenvalue weighted by Gasteiger charge is -2.31. The van der Waals surface area contributed by atoms with Crippen molar-refractivity contribution in [3.8, 4) is 0 Å². The number of nitrogens with zero attached hydrogens (tertiary/aromatic N) is 4. The number of sulfonamides is 1. The number of aryl methyl sites for hydroxylation is 3. The third kappa shape index (κ3) is 5.88. The third-order valence-electron chi connectivity index (χ3n) is 8.20. The van der Waals surface area contributed by atoms with Crippen LogP contribution in [0.5, 0.6) is 0 Å². The van der Waals surface area contributed by atoms with Gasteiger partial charge in [-0.15, -0.1) is 0 Å². The number of nitrogens with one attached hydrogen (secondary N) is 2. The van der Waals surface area contributed by atoms with Gasteiger partial charge < -0.3 is 20.5 Å². The lowest BCUT2D eigenvalue weighted by atomic mass is 10.1. The zero-order chi connectivity index (χ0) is 30.8. The van der Waals surface area contributed by atoms with Gasteiger partial charge in [0.1, 0.15) is 18.2 Å². The Kier molecular flexibility index (Phi) is 8.07. The number of piperazine rings is 1. The van der Waals surface area contributed by atoms with Crippen LogP contribution in [-0.4, -0.2) is 67.3 Å². The van der Waals surface area contributed by atoms with Crippen LogP contribution in [0.1, 0.15) is 17.0 Å². The highest BCUT2D eigenvalue weighted by Crippen LogP contribution is 2.29. The Bertz CT molecular complexity index is 1960. The summed E-state index contributed by atoms with van der Waals surface area (Å²) in [5.74, 6) is 0.649. The zero-order valence-electron chi connectivity index (χ0n) is 24.5. The number of benzene rings is 4. The first-order valence-corrected chi connectivity index (χ1v) is 16.0. The molecule has 11 heteroatoms. The number of hydrogen-bond acceptors (Lipinski definition) is 6. The molecule has 0 aliphatic carbocycles. The molecule has 2 heterocycles. The van der Waals surface area contributed by atoms with E-state index in [1.165, 1.54) is 4.31 Å². The summed E-state index contributed by atoms with van der Waals surface area (Å²) in [4.78, 5) is 20.1. The highest BCUT2D eigenvalue weighted by atomic mass is 32.2. The maximum absolute atomic E-state index is 14.2. The summed E-state index contributed by atoms with van der Waals surface area (Å²) in [7, 11) is -2.15. The summed E-state index contributed by atoms with van der Waals surface area (Å²) >= 11 is 0. The highest BCUT2D eigenvalue weighted by molar-refractivity contribution is 7.92. The lowest BCUT2D eigenvalue weighted by Crippen LogP contribution is -2.50. The Balaban J connectivity index is 1.33. The molecule has 44 heavy (non-hydrogen) atoms. The molecule has 1 aromatic heterocycles. The fourth-order valence-electron chi connectivity index (χ4n) is 5.63. The third-order valence-corrected chi connectivity index (χ3v) is 9.97. The van der Waals surface area contributed by atoms with Gasteiger partial charge in [-0.25, -0.2) is 13.4 Å². The molecule has 10 nitrogen and oxygen atoms in total. The second-order valence-electron chi connectivity index (χ2n) is 11.0. The van der Waals surface area contributed by atoms with E-state index in [2.05, 4.69) is 5.32 Å². The molecule has 5 aromatic rings. The molecule has 0 saturated carbocycles. The summed E-state index contributed by atoms with van der Waals surface area (Å²) < 4.78 is 31.7. The van der Waals surface area contributed by atoms with Gasteiger partial charge in [-0.05, 0) is 53.1 Å². The molecule has 0 radical (unpaired) electrons. The van der Waals surface area contributed by atoms with Crippen molar-refractivity contribution < 1.29 is 13.2 Å². The Morgan fingerprint density at radius 1 is 0.955 bits per heavy atom. The van der Waals surface area contributed by atoms with E-state index in [9.17, 15) is 13.2 Å². The Hall–Kier alpha value is -4.74. The molecule has 1 aliphatic heterocycles. The number of fused-ring (bicyclic) bond motifs is 2. The first-order valence-electron chi connectivity index (χ1n) is 14.6. The highest BCUT2D eigenvalue weighted by Gasteiger charge is 2.30. The van der Waals surface area contributed by atoms with E-state index in [-0.39, 0.29) is 23.2 Å². The molecule has 0 atom stereocenters. The van der Waals surface area contributed by atoms with E-state index in [1.807, 2.05) is 66.2 Å². The maximum atomic E-state index is 14.2. The number of carbonyl (C=O) groups is 1.